The lowest BCUT2D eigenvalue weighted by atomic mass is 9.89. The fourth-order valence-corrected chi connectivity index (χ4v) is 6.37. The van der Waals surface area contributed by atoms with Crippen molar-refractivity contribution in [1.82, 2.24) is 19.7 Å². The molecule has 3 atom stereocenters. The number of benzene rings is 1. The van der Waals surface area contributed by atoms with E-state index in [-0.39, 0.29) is 6.03 Å². The maximum Gasteiger partial charge on any atom is 0.320 e. The first-order valence-corrected chi connectivity index (χ1v) is 13.2. The zero-order valence-electron chi connectivity index (χ0n) is 20.4. The zero-order valence-corrected chi connectivity index (χ0v) is 20.4. The minimum absolute atomic E-state index is 0.0000733. The molecule has 6 rings (SSSR count). The maximum absolute atomic E-state index is 13.0. The topological polar surface area (TPSA) is 69.1 Å². The predicted octanol–water partition coefficient (Wildman–Crippen LogP) is 3.16. The van der Waals surface area contributed by atoms with Gasteiger partial charge in [-0.25, -0.2) is 4.79 Å². The van der Waals surface area contributed by atoms with E-state index >= 15 is 0 Å². The van der Waals surface area contributed by atoms with Gasteiger partial charge in [-0.1, -0.05) is 30.3 Å². The number of rotatable bonds is 7. The van der Waals surface area contributed by atoms with Crippen molar-refractivity contribution in [3.63, 3.8) is 0 Å². The Balaban J connectivity index is 0.987. The van der Waals surface area contributed by atoms with Crippen molar-refractivity contribution >= 4 is 6.03 Å². The molecule has 1 aromatic carbocycles. The number of urea groups is 1. The number of aliphatic hydroxyl groups is 1. The number of pyridine rings is 1. The van der Waals surface area contributed by atoms with Crippen LogP contribution in [0.5, 0.6) is 0 Å². The van der Waals surface area contributed by atoms with E-state index in [0.717, 1.165) is 38.0 Å². The molecular weight excluding hydrogens is 440 g/mol. The van der Waals surface area contributed by atoms with Crippen LogP contribution in [0, 0.1) is 0 Å². The van der Waals surface area contributed by atoms with E-state index < -0.39 is 6.10 Å². The molecule has 3 saturated heterocycles. The first kappa shape index (κ1) is 23.0. The molecule has 2 aromatic rings. The summed E-state index contributed by atoms with van der Waals surface area (Å²) in [6.45, 7) is 4.64. The highest BCUT2D eigenvalue weighted by Crippen LogP contribution is 2.40. The maximum atomic E-state index is 13.0. The molecule has 1 N–H and O–H groups in total. The molecule has 35 heavy (non-hydrogen) atoms. The Kier molecular flexibility index (Phi) is 6.48. The van der Waals surface area contributed by atoms with Crippen molar-refractivity contribution in [2.45, 2.75) is 69.4 Å². The summed E-state index contributed by atoms with van der Waals surface area (Å²) in [6.07, 6.45) is 7.91. The summed E-state index contributed by atoms with van der Waals surface area (Å²) >= 11 is 0. The second-order valence-corrected chi connectivity index (χ2v) is 10.8. The molecule has 7 heteroatoms. The standard InChI is InChI=1S/C28H36N4O3/c33-25(18-30-10-9-20-3-1-2-4-22(20)16-30)19-32-12-11-31(28(32)34)17-24-6-5-21(15-29-24)23-13-26-7-8-27(14-23)35-26/h1-6,15,23,25-27,33H,7-14,16-19H2/t23?,25-,26?,27?/m1/s1. The van der Waals surface area contributed by atoms with E-state index in [4.69, 9.17) is 9.72 Å². The minimum atomic E-state index is -0.545. The van der Waals surface area contributed by atoms with Gasteiger partial charge in [0.1, 0.15) is 0 Å². The molecule has 0 saturated carbocycles. The molecule has 1 aromatic heterocycles. The number of carbonyl (C=O) groups excluding carboxylic acids is 1. The lowest BCUT2D eigenvalue weighted by molar-refractivity contribution is -0.00384. The molecule has 7 nitrogen and oxygen atoms in total. The molecule has 0 radical (unpaired) electrons. The number of aliphatic hydroxyl groups excluding tert-OH is 1. The Morgan fingerprint density at radius 3 is 2.51 bits per heavy atom. The third kappa shape index (κ3) is 5.08. The monoisotopic (exact) mass is 476 g/mol. The van der Waals surface area contributed by atoms with Gasteiger partial charge in [-0.05, 0) is 60.8 Å². The van der Waals surface area contributed by atoms with E-state index in [1.165, 1.54) is 29.5 Å². The van der Waals surface area contributed by atoms with Crippen molar-refractivity contribution < 1.29 is 14.6 Å². The van der Waals surface area contributed by atoms with Crippen LogP contribution in [0.25, 0.3) is 0 Å². The Hall–Kier alpha value is -2.48. The summed E-state index contributed by atoms with van der Waals surface area (Å²) in [6, 6.07) is 12.8. The fraction of sp³-hybridized carbons (Fsp3) is 0.571. The molecule has 2 bridgehead atoms. The molecular formula is C28H36N4O3. The Labute approximate surface area is 207 Å². The Morgan fingerprint density at radius 1 is 0.971 bits per heavy atom. The quantitative estimate of drug-likeness (QED) is 0.665. The third-order valence-electron chi connectivity index (χ3n) is 8.25. The summed E-state index contributed by atoms with van der Waals surface area (Å²) in [4.78, 5) is 23.6. The van der Waals surface area contributed by atoms with Crippen LogP contribution in [-0.4, -0.2) is 81.9 Å². The van der Waals surface area contributed by atoms with Crippen LogP contribution >= 0.6 is 0 Å². The van der Waals surface area contributed by atoms with Gasteiger partial charge in [0.2, 0.25) is 0 Å². The van der Waals surface area contributed by atoms with Gasteiger partial charge in [0, 0.05) is 45.5 Å². The number of ether oxygens (including phenoxy) is 1. The number of hydrogen-bond acceptors (Lipinski definition) is 5. The molecule has 4 aliphatic rings. The van der Waals surface area contributed by atoms with Gasteiger partial charge in [0.05, 0.1) is 30.6 Å². The van der Waals surface area contributed by atoms with Gasteiger partial charge in [0.15, 0.2) is 0 Å². The van der Waals surface area contributed by atoms with Crippen LogP contribution < -0.4 is 0 Å². The van der Waals surface area contributed by atoms with Gasteiger partial charge in [0.25, 0.3) is 0 Å². The highest BCUT2D eigenvalue weighted by atomic mass is 16.5. The summed E-state index contributed by atoms with van der Waals surface area (Å²) < 4.78 is 5.98. The number of β-amino-alcohol motifs (C(OH)–C–C–N with tert-alkyl or cyclic N) is 1. The summed E-state index contributed by atoms with van der Waals surface area (Å²) in [7, 11) is 0. The Bertz CT molecular complexity index is 1030. The van der Waals surface area contributed by atoms with Gasteiger partial charge in [-0.15, -0.1) is 0 Å². The van der Waals surface area contributed by atoms with Crippen LogP contribution in [0.4, 0.5) is 4.79 Å². The largest absolute Gasteiger partial charge is 0.390 e. The molecule has 2 amide bonds. The number of hydrogen-bond donors (Lipinski definition) is 1. The normalized spacial score (nSPS) is 27.3. The first-order valence-electron chi connectivity index (χ1n) is 13.2. The Morgan fingerprint density at radius 2 is 1.74 bits per heavy atom. The van der Waals surface area contributed by atoms with Gasteiger partial charge >= 0.3 is 6.03 Å². The fourth-order valence-electron chi connectivity index (χ4n) is 6.37. The lowest BCUT2D eigenvalue weighted by Gasteiger charge is -2.31. The molecule has 5 heterocycles. The van der Waals surface area contributed by atoms with Crippen LogP contribution in [0.15, 0.2) is 42.6 Å². The third-order valence-corrected chi connectivity index (χ3v) is 8.25. The zero-order chi connectivity index (χ0) is 23.8. The van der Waals surface area contributed by atoms with Crippen molar-refractivity contribution in [2.75, 3.05) is 32.7 Å². The summed E-state index contributed by atoms with van der Waals surface area (Å²) in [5, 5.41) is 10.7. The van der Waals surface area contributed by atoms with Gasteiger partial charge in [-0.3, -0.25) is 9.88 Å². The second kappa shape index (κ2) is 9.88. The summed E-state index contributed by atoms with van der Waals surface area (Å²) in [5.41, 5.74) is 4.97. The summed E-state index contributed by atoms with van der Waals surface area (Å²) in [5.74, 6) is 0.543. The smallest absolute Gasteiger partial charge is 0.320 e. The highest BCUT2D eigenvalue weighted by Gasteiger charge is 2.36. The van der Waals surface area contributed by atoms with Crippen molar-refractivity contribution in [2.24, 2.45) is 0 Å². The SMILES string of the molecule is O=C1N(Cc2ccc(C3CC4CCC(C3)O4)cn2)CCN1C[C@H](O)CN1CCc2ccccc2C1. The first-order chi connectivity index (χ1) is 17.1. The predicted molar refractivity (Wildman–Crippen MR) is 133 cm³/mol. The molecule has 0 aliphatic carbocycles. The van der Waals surface area contributed by atoms with Crippen LogP contribution in [-0.2, 0) is 24.2 Å². The average molecular weight is 477 g/mol. The number of carbonyl (C=O) groups is 1. The molecule has 2 unspecified atom stereocenters. The molecule has 3 fully saturated rings. The van der Waals surface area contributed by atoms with Gasteiger partial charge < -0.3 is 19.6 Å². The number of nitrogens with zero attached hydrogens (tertiary/aromatic N) is 4. The number of amides is 2. The average Bonchev–Trinajstić information content (AvgIpc) is 3.39. The van der Waals surface area contributed by atoms with E-state index in [0.29, 0.717) is 50.8 Å². The van der Waals surface area contributed by atoms with Gasteiger partial charge in [-0.2, -0.15) is 0 Å². The van der Waals surface area contributed by atoms with Crippen molar-refractivity contribution in [1.29, 1.82) is 0 Å². The second-order valence-electron chi connectivity index (χ2n) is 10.8. The minimum Gasteiger partial charge on any atom is -0.390 e. The molecule has 4 aliphatic heterocycles. The van der Waals surface area contributed by atoms with E-state index in [1.807, 2.05) is 11.1 Å². The van der Waals surface area contributed by atoms with Crippen molar-refractivity contribution in [3.8, 4) is 0 Å². The van der Waals surface area contributed by atoms with Crippen molar-refractivity contribution in [3.05, 3.63) is 65.0 Å². The van der Waals surface area contributed by atoms with E-state index in [9.17, 15) is 9.90 Å². The van der Waals surface area contributed by atoms with Crippen LogP contribution in [0.1, 0.15) is 54.0 Å². The molecule has 186 valence electrons. The van der Waals surface area contributed by atoms with E-state index in [1.54, 1.807) is 4.90 Å². The number of fused-ring (bicyclic) bond motifs is 3. The van der Waals surface area contributed by atoms with Crippen LogP contribution in [0.2, 0.25) is 0 Å². The number of aromatic nitrogens is 1. The molecule has 0 spiro atoms. The van der Waals surface area contributed by atoms with Crippen LogP contribution in [0.3, 0.4) is 0 Å². The lowest BCUT2D eigenvalue weighted by Crippen LogP contribution is -2.43. The van der Waals surface area contributed by atoms with E-state index in [2.05, 4.69) is 41.3 Å². The highest BCUT2D eigenvalue weighted by molar-refractivity contribution is 5.76.